The Morgan fingerprint density at radius 2 is 1.57 bits per heavy atom. The SMILES string of the molecule is CC[C@H](C)NC(=O)[C@H](C)N(Cc1cccc(C)c1)C(=O)CN(c1ccc(C)cc1)S(=O)(=O)c1ccc(SC)cc1. The molecule has 0 fully saturated rings. The standard InChI is InChI=1S/C31H39N3O4S2/c1-7-24(4)32-31(36)25(5)33(20-26-10-8-9-23(3)19-26)30(35)21-34(27-13-11-22(2)12-14-27)40(37,38)29-17-15-28(39-6)16-18-29/h8-19,24-25H,7,20-21H2,1-6H3,(H,32,36)/t24-,25-/m0/s1. The van der Waals surface area contributed by atoms with Gasteiger partial charge in [-0.3, -0.25) is 13.9 Å². The number of anilines is 1. The molecule has 0 saturated carbocycles. The first-order chi connectivity index (χ1) is 19.0. The van der Waals surface area contributed by atoms with E-state index in [1.165, 1.54) is 16.7 Å². The van der Waals surface area contributed by atoms with Crippen LogP contribution in [0, 0.1) is 13.8 Å². The molecule has 7 nitrogen and oxygen atoms in total. The fraction of sp³-hybridized carbons (Fsp3) is 0.355. The van der Waals surface area contributed by atoms with E-state index in [9.17, 15) is 18.0 Å². The Bertz CT molecular complexity index is 1410. The van der Waals surface area contributed by atoms with Crippen molar-refractivity contribution in [3.8, 4) is 0 Å². The molecule has 0 aromatic heterocycles. The van der Waals surface area contributed by atoms with Crippen LogP contribution in [0.25, 0.3) is 0 Å². The van der Waals surface area contributed by atoms with Crippen molar-refractivity contribution in [3.05, 3.63) is 89.5 Å². The van der Waals surface area contributed by atoms with Crippen molar-refractivity contribution in [2.24, 2.45) is 0 Å². The molecule has 0 aliphatic rings. The Labute approximate surface area is 243 Å². The van der Waals surface area contributed by atoms with E-state index in [0.717, 1.165) is 32.3 Å². The van der Waals surface area contributed by atoms with E-state index in [1.807, 2.05) is 70.3 Å². The lowest BCUT2D eigenvalue weighted by Crippen LogP contribution is -2.52. The average Bonchev–Trinajstić information content (AvgIpc) is 2.94. The number of sulfonamides is 1. The molecule has 0 radical (unpaired) electrons. The van der Waals surface area contributed by atoms with E-state index in [-0.39, 0.29) is 23.4 Å². The minimum Gasteiger partial charge on any atom is -0.352 e. The molecule has 0 bridgehead atoms. The number of benzene rings is 3. The molecule has 3 rings (SSSR count). The second-order valence-corrected chi connectivity index (χ2v) is 12.8. The van der Waals surface area contributed by atoms with Gasteiger partial charge in [0.15, 0.2) is 0 Å². The summed E-state index contributed by atoms with van der Waals surface area (Å²) in [5.41, 5.74) is 3.22. The van der Waals surface area contributed by atoms with Crippen LogP contribution in [0.2, 0.25) is 0 Å². The van der Waals surface area contributed by atoms with Gasteiger partial charge in [0.05, 0.1) is 10.6 Å². The number of hydrogen-bond donors (Lipinski definition) is 1. The summed E-state index contributed by atoms with van der Waals surface area (Å²) >= 11 is 1.52. The van der Waals surface area contributed by atoms with E-state index in [0.29, 0.717) is 5.69 Å². The summed E-state index contributed by atoms with van der Waals surface area (Å²) in [5, 5.41) is 2.95. The summed E-state index contributed by atoms with van der Waals surface area (Å²) in [4.78, 5) is 29.6. The Morgan fingerprint density at radius 1 is 0.925 bits per heavy atom. The summed E-state index contributed by atoms with van der Waals surface area (Å²) in [6, 6.07) is 20.5. The Hall–Kier alpha value is -3.30. The fourth-order valence-corrected chi connectivity index (χ4v) is 5.99. The van der Waals surface area contributed by atoms with Gasteiger partial charge in [0.25, 0.3) is 10.0 Å². The second-order valence-electron chi connectivity index (χ2n) is 10.0. The van der Waals surface area contributed by atoms with Crippen molar-refractivity contribution in [1.82, 2.24) is 10.2 Å². The summed E-state index contributed by atoms with van der Waals surface area (Å²) in [7, 11) is -4.09. The first-order valence-electron chi connectivity index (χ1n) is 13.3. The molecule has 214 valence electrons. The third-order valence-corrected chi connectivity index (χ3v) is 9.38. The third kappa shape index (κ3) is 7.88. The third-order valence-electron chi connectivity index (χ3n) is 6.85. The van der Waals surface area contributed by atoms with E-state index in [1.54, 1.807) is 43.3 Å². The summed E-state index contributed by atoms with van der Waals surface area (Å²) in [5.74, 6) is -0.758. The van der Waals surface area contributed by atoms with Crippen LogP contribution in [-0.2, 0) is 26.2 Å². The molecule has 0 aliphatic heterocycles. The van der Waals surface area contributed by atoms with Gasteiger partial charge in [-0.1, -0.05) is 54.4 Å². The van der Waals surface area contributed by atoms with Gasteiger partial charge in [0.1, 0.15) is 12.6 Å². The number of carbonyl (C=O) groups is 2. The largest absolute Gasteiger partial charge is 0.352 e. The monoisotopic (exact) mass is 581 g/mol. The zero-order chi connectivity index (χ0) is 29.4. The minimum atomic E-state index is -4.09. The molecule has 0 saturated heterocycles. The normalized spacial score (nSPS) is 12.8. The van der Waals surface area contributed by atoms with Crippen molar-refractivity contribution in [2.75, 3.05) is 17.1 Å². The van der Waals surface area contributed by atoms with Crippen LogP contribution in [0.3, 0.4) is 0 Å². The molecule has 2 amide bonds. The van der Waals surface area contributed by atoms with Gasteiger partial charge in [-0.05, 0) is 82.3 Å². The van der Waals surface area contributed by atoms with Gasteiger partial charge in [-0.2, -0.15) is 0 Å². The van der Waals surface area contributed by atoms with Gasteiger partial charge in [-0.15, -0.1) is 11.8 Å². The lowest BCUT2D eigenvalue weighted by Gasteiger charge is -2.32. The molecule has 0 unspecified atom stereocenters. The van der Waals surface area contributed by atoms with Crippen LogP contribution in [-0.4, -0.2) is 50.0 Å². The van der Waals surface area contributed by atoms with Gasteiger partial charge in [-0.25, -0.2) is 8.42 Å². The molecule has 3 aromatic carbocycles. The van der Waals surface area contributed by atoms with Gasteiger partial charge >= 0.3 is 0 Å². The van der Waals surface area contributed by atoms with Crippen LogP contribution in [0.4, 0.5) is 5.69 Å². The number of nitrogens with one attached hydrogen (secondary N) is 1. The highest BCUT2D eigenvalue weighted by Crippen LogP contribution is 2.26. The van der Waals surface area contributed by atoms with Crippen molar-refractivity contribution < 1.29 is 18.0 Å². The average molecular weight is 582 g/mol. The quantitative estimate of drug-likeness (QED) is 0.283. The van der Waals surface area contributed by atoms with Crippen LogP contribution in [0.1, 0.15) is 43.9 Å². The van der Waals surface area contributed by atoms with E-state index in [2.05, 4.69) is 5.32 Å². The highest BCUT2D eigenvalue weighted by molar-refractivity contribution is 7.98. The van der Waals surface area contributed by atoms with Crippen molar-refractivity contribution in [3.63, 3.8) is 0 Å². The first kappa shape index (κ1) is 31.2. The lowest BCUT2D eigenvalue weighted by molar-refractivity contribution is -0.139. The van der Waals surface area contributed by atoms with Crippen molar-refractivity contribution in [2.45, 2.75) is 69.5 Å². The van der Waals surface area contributed by atoms with Crippen LogP contribution < -0.4 is 9.62 Å². The lowest BCUT2D eigenvalue weighted by atomic mass is 10.1. The Morgan fingerprint density at radius 3 is 2.15 bits per heavy atom. The van der Waals surface area contributed by atoms with Crippen LogP contribution in [0.15, 0.2) is 82.6 Å². The topological polar surface area (TPSA) is 86.8 Å². The summed E-state index contributed by atoms with van der Waals surface area (Å²) in [6.07, 6.45) is 2.67. The molecule has 2 atom stereocenters. The molecular weight excluding hydrogens is 542 g/mol. The van der Waals surface area contributed by atoms with Crippen LogP contribution in [0.5, 0.6) is 0 Å². The molecule has 0 spiro atoms. The number of carbonyl (C=O) groups excluding carboxylic acids is 2. The van der Waals surface area contributed by atoms with Crippen molar-refractivity contribution >= 4 is 39.3 Å². The maximum Gasteiger partial charge on any atom is 0.264 e. The number of aryl methyl sites for hydroxylation is 2. The Kier molecular flexibility index (Phi) is 10.8. The van der Waals surface area contributed by atoms with E-state index in [4.69, 9.17) is 0 Å². The predicted octanol–water partition coefficient (Wildman–Crippen LogP) is 5.55. The number of nitrogens with zero attached hydrogens (tertiary/aromatic N) is 2. The van der Waals surface area contributed by atoms with E-state index >= 15 is 0 Å². The molecule has 1 N–H and O–H groups in total. The molecule has 3 aromatic rings. The highest BCUT2D eigenvalue weighted by Gasteiger charge is 2.32. The molecular formula is C31H39N3O4S2. The smallest absolute Gasteiger partial charge is 0.264 e. The second kappa shape index (κ2) is 13.9. The van der Waals surface area contributed by atoms with Crippen molar-refractivity contribution in [1.29, 1.82) is 0 Å². The molecule has 0 heterocycles. The zero-order valence-corrected chi connectivity index (χ0v) is 25.7. The maximum atomic E-state index is 14.0. The van der Waals surface area contributed by atoms with E-state index < -0.39 is 28.5 Å². The number of amides is 2. The molecule has 0 aliphatic carbocycles. The van der Waals surface area contributed by atoms with Gasteiger partial charge < -0.3 is 10.2 Å². The minimum absolute atomic E-state index is 0.0560. The predicted molar refractivity (Wildman–Crippen MR) is 163 cm³/mol. The summed E-state index contributed by atoms with van der Waals surface area (Å²) < 4.78 is 29.0. The highest BCUT2D eigenvalue weighted by atomic mass is 32.2. The zero-order valence-electron chi connectivity index (χ0n) is 24.0. The van der Waals surface area contributed by atoms with Gasteiger partial charge in [0, 0.05) is 17.5 Å². The number of thioether (sulfide) groups is 1. The Balaban J connectivity index is 2.02. The number of rotatable bonds is 12. The fourth-order valence-electron chi connectivity index (χ4n) is 4.17. The summed E-state index contributed by atoms with van der Waals surface area (Å²) in [6.45, 7) is 9.14. The molecule has 40 heavy (non-hydrogen) atoms. The molecule has 9 heteroatoms. The first-order valence-corrected chi connectivity index (χ1v) is 16.0. The number of hydrogen-bond acceptors (Lipinski definition) is 5. The maximum absolute atomic E-state index is 14.0. The van der Waals surface area contributed by atoms with Gasteiger partial charge in [0.2, 0.25) is 11.8 Å². The van der Waals surface area contributed by atoms with Crippen LogP contribution >= 0.6 is 11.8 Å².